The van der Waals surface area contributed by atoms with E-state index in [1.54, 1.807) is 0 Å². The van der Waals surface area contributed by atoms with Gasteiger partial charge >= 0.3 is 0 Å². The van der Waals surface area contributed by atoms with Crippen molar-refractivity contribution in [3.8, 4) is 22.8 Å². The summed E-state index contributed by atoms with van der Waals surface area (Å²) in [5.41, 5.74) is 1.91. The first kappa shape index (κ1) is 20.2. The lowest BCUT2D eigenvalue weighted by Gasteiger charge is -2.11. The molecule has 156 valence electrons. The first-order valence-corrected chi connectivity index (χ1v) is 9.97. The molecule has 0 spiro atoms. The maximum atomic E-state index is 12.5. The highest BCUT2D eigenvalue weighted by Crippen LogP contribution is 2.37. The second-order valence-corrected chi connectivity index (χ2v) is 7.21. The molecule has 0 radical (unpaired) electrons. The van der Waals surface area contributed by atoms with Crippen LogP contribution in [0.1, 0.15) is 0 Å². The Balaban J connectivity index is 1.55. The fourth-order valence-electron chi connectivity index (χ4n) is 3.01. The molecule has 10 heteroatoms. The number of fused-ring (bicyclic) bond motifs is 1. The number of nitrogens with zero attached hydrogens (tertiary/aromatic N) is 3. The number of rotatable bonds is 7. The minimum atomic E-state index is -0.551. The van der Waals surface area contributed by atoms with Crippen molar-refractivity contribution >= 4 is 38.8 Å². The number of carbonyl (C=O) groups excluding carboxylic acids is 1. The average molecular weight is 436 g/mol. The van der Waals surface area contributed by atoms with E-state index in [0.717, 1.165) is 21.3 Å². The van der Waals surface area contributed by atoms with Crippen LogP contribution in [0.2, 0.25) is 0 Å². The number of hydrogen-bond acceptors (Lipinski definition) is 8. The zero-order valence-corrected chi connectivity index (χ0v) is 17.1. The zero-order chi connectivity index (χ0) is 21.8. The summed E-state index contributed by atoms with van der Waals surface area (Å²) in [7, 11) is 1.41. The highest BCUT2D eigenvalue weighted by atomic mass is 32.1. The minimum Gasteiger partial charge on any atom is -0.495 e. The lowest BCUT2D eigenvalue weighted by Crippen LogP contribution is -2.21. The molecule has 0 unspecified atom stereocenters. The molecule has 0 aliphatic heterocycles. The van der Waals surface area contributed by atoms with E-state index in [4.69, 9.17) is 9.47 Å². The number of aromatic nitrogens is 2. The van der Waals surface area contributed by atoms with E-state index in [1.807, 2.05) is 35.7 Å². The third-order valence-corrected chi connectivity index (χ3v) is 5.31. The van der Waals surface area contributed by atoms with Crippen LogP contribution in [0, 0.1) is 10.1 Å². The van der Waals surface area contributed by atoms with Gasteiger partial charge in [-0.25, -0.2) is 9.97 Å². The number of ether oxygens (including phenoxy) is 2. The fraction of sp³-hybridized carbons (Fsp3) is 0.0952. The number of amides is 1. The van der Waals surface area contributed by atoms with Gasteiger partial charge in [-0.1, -0.05) is 30.3 Å². The molecule has 0 saturated carbocycles. The summed E-state index contributed by atoms with van der Waals surface area (Å²) in [5.74, 6) is 0.0703. The quantitative estimate of drug-likeness (QED) is 0.339. The summed E-state index contributed by atoms with van der Waals surface area (Å²) in [6.45, 7) is -0.345. The van der Waals surface area contributed by atoms with Crippen LogP contribution in [0.5, 0.6) is 11.6 Å². The van der Waals surface area contributed by atoms with E-state index in [-0.39, 0.29) is 23.9 Å². The van der Waals surface area contributed by atoms with Gasteiger partial charge < -0.3 is 14.8 Å². The summed E-state index contributed by atoms with van der Waals surface area (Å²) in [6, 6.07) is 13.7. The summed E-state index contributed by atoms with van der Waals surface area (Å²) < 4.78 is 10.9. The largest absolute Gasteiger partial charge is 0.495 e. The van der Waals surface area contributed by atoms with Crippen LogP contribution in [0.3, 0.4) is 0 Å². The van der Waals surface area contributed by atoms with Crippen LogP contribution in [-0.2, 0) is 4.79 Å². The molecule has 0 aliphatic rings. The molecule has 2 heterocycles. The van der Waals surface area contributed by atoms with E-state index in [2.05, 4.69) is 15.3 Å². The molecule has 0 atom stereocenters. The first-order chi connectivity index (χ1) is 15.1. The Kier molecular flexibility index (Phi) is 5.72. The maximum Gasteiger partial charge on any atom is 0.271 e. The molecule has 1 N–H and O–H groups in total. The topological polar surface area (TPSA) is 116 Å². The fourth-order valence-corrected chi connectivity index (χ4v) is 3.92. The number of benzene rings is 2. The smallest absolute Gasteiger partial charge is 0.271 e. The van der Waals surface area contributed by atoms with Crippen molar-refractivity contribution in [2.24, 2.45) is 0 Å². The minimum absolute atomic E-state index is 0.166. The van der Waals surface area contributed by atoms with Crippen molar-refractivity contribution in [1.29, 1.82) is 0 Å². The zero-order valence-electron chi connectivity index (χ0n) is 16.3. The van der Waals surface area contributed by atoms with Gasteiger partial charge in [0.15, 0.2) is 6.61 Å². The Labute approximate surface area is 180 Å². The van der Waals surface area contributed by atoms with Gasteiger partial charge in [-0.15, -0.1) is 11.3 Å². The monoisotopic (exact) mass is 436 g/mol. The second kappa shape index (κ2) is 8.76. The molecule has 1 amide bonds. The van der Waals surface area contributed by atoms with Gasteiger partial charge in [0.25, 0.3) is 11.6 Å². The highest BCUT2D eigenvalue weighted by molar-refractivity contribution is 7.17. The van der Waals surface area contributed by atoms with Gasteiger partial charge in [0.1, 0.15) is 16.9 Å². The average Bonchev–Trinajstić information content (AvgIpc) is 3.23. The molecule has 4 rings (SSSR count). The van der Waals surface area contributed by atoms with E-state index in [9.17, 15) is 14.9 Å². The standard InChI is InChI=1S/C21H16N4O5S/c1-29-17-8-7-14(25(27)28)9-16(17)24-18(26)10-30-20-19-15(13-5-3-2-4-6-13)11-31-21(19)23-12-22-20/h2-9,11-12H,10H2,1H3,(H,24,26). The molecule has 0 aliphatic carbocycles. The lowest BCUT2D eigenvalue weighted by atomic mass is 10.1. The molecule has 2 aromatic carbocycles. The van der Waals surface area contributed by atoms with Gasteiger partial charge in [-0.3, -0.25) is 14.9 Å². The van der Waals surface area contributed by atoms with Crippen LogP contribution in [0.4, 0.5) is 11.4 Å². The number of hydrogen-bond donors (Lipinski definition) is 1. The Hall–Kier alpha value is -4.05. The predicted octanol–water partition coefficient (Wildman–Crippen LogP) is 4.29. The number of methoxy groups -OCH3 is 1. The highest BCUT2D eigenvalue weighted by Gasteiger charge is 2.17. The van der Waals surface area contributed by atoms with Crippen molar-refractivity contribution in [2.45, 2.75) is 0 Å². The summed E-state index contributed by atoms with van der Waals surface area (Å²) in [5, 5.41) is 16.3. The van der Waals surface area contributed by atoms with Crippen molar-refractivity contribution in [1.82, 2.24) is 9.97 Å². The van der Waals surface area contributed by atoms with E-state index < -0.39 is 10.8 Å². The number of nitro benzene ring substituents is 1. The molecule has 0 fully saturated rings. The number of nitrogens with one attached hydrogen (secondary N) is 1. The predicted molar refractivity (Wildman–Crippen MR) is 117 cm³/mol. The molecule has 0 saturated heterocycles. The SMILES string of the molecule is COc1ccc([N+](=O)[O-])cc1NC(=O)COc1ncnc2scc(-c3ccccc3)c12. The molecule has 9 nitrogen and oxygen atoms in total. The first-order valence-electron chi connectivity index (χ1n) is 9.09. The van der Waals surface area contributed by atoms with Crippen LogP contribution in [0.25, 0.3) is 21.3 Å². The number of nitro groups is 1. The molecule has 0 bridgehead atoms. The number of carbonyl (C=O) groups is 1. The molecular formula is C21H16N4O5S. The van der Waals surface area contributed by atoms with Gasteiger partial charge in [-0.05, 0) is 11.6 Å². The Bertz CT molecular complexity index is 1260. The van der Waals surface area contributed by atoms with Crippen LogP contribution >= 0.6 is 11.3 Å². The van der Waals surface area contributed by atoms with Crippen LogP contribution in [-0.4, -0.2) is 34.5 Å². The van der Waals surface area contributed by atoms with Gasteiger partial charge in [0, 0.05) is 23.1 Å². The Morgan fingerprint density at radius 1 is 1.19 bits per heavy atom. The third-order valence-electron chi connectivity index (χ3n) is 4.43. The number of non-ortho nitro benzene ring substituents is 1. The summed E-state index contributed by atoms with van der Waals surface area (Å²) in [4.78, 5) is 32.1. The van der Waals surface area contributed by atoms with Crippen molar-refractivity contribution in [3.63, 3.8) is 0 Å². The molecular weight excluding hydrogens is 420 g/mol. The van der Waals surface area contributed by atoms with Gasteiger partial charge in [0.2, 0.25) is 5.88 Å². The second-order valence-electron chi connectivity index (χ2n) is 6.35. The van der Waals surface area contributed by atoms with Crippen molar-refractivity contribution < 1.29 is 19.2 Å². The van der Waals surface area contributed by atoms with E-state index in [0.29, 0.717) is 5.75 Å². The van der Waals surface area contributed by atoms with Crippen LogP contribution in [0.15, 0.2) is 60.2 Å². The van der Waals surface area contributed by atoms with E-state index >= 15 is 0 Å². The van der Waals surface area contributed by atoms with Crippen LogP contribution < -0.4 is 14.8 Å². The summed E-state index contributed by atoms with van der Waals surface area (Å²) >= 11 is 1.46. The number of anilines is 1. The molecule has 2 aromatic heterocycles. The normalized spacial score (nSPS) is 10.6. The Morgan fingerprint density at radius 2 is 2.00 bits per heavy atom. The number of thiophene rings is 1. The third kappa shape index (κ3) is 4.28. The lowest BCUT2D eigenvalue weighted by molar-refractivity contribution is -0.384. The molecule has 4 aromatic rings. The van der Waals surface area contributed by atoms with Gasteiger partial charge in [0.05, 0.1) is 23.1 Å². The molecule has 31 heavy (non-hydrogen) atoms. The van der Waals surface area contributed by atoms with E-state index in [1.165, 1.54) is 43.0 Å². The van der Waals surface area contributed by atoms with Crippen molar-refractivity contribution in [2.75, 3.05) is 19.0 Å². The van der Waals surface area contributed by atoms with Gasteiger partial charge in [-0.2, -0.15) is 0 Å². The van der Waals surface area contributed by atoms with Crippen molar-refractivity contribution in [3.05, 3.63) is 70.4 Å². The maximum absolute atomic E-state index is 12.5. The summed E-state index contributed by atoms with van der Waals surface area (Å²) in [6.07, 6.45) is 1.38. The Morgan fingerprint density at radius 3 is 2.74 bits per heavy atom.